The molecule has 0 aromatic carbocycles. The number of hydrogen-bond donors (Lipinski definition) is 1. The molecule has 1 aromatic rings. The highest BCUT2D eigenvalue weighted by Gasteiger charge is 2.33. The van der Waals surface area contributed by atoms with E-state index in [0.717, 1.165) is 31.3 Å². The molecule has 3 nitrogen and oxygen atoms in total. The molecule has 2 heterocycles. The third-order valence-electron chi connectivity index (χ3n) is 4.50. The lowest BCUT2D eigenvalue weighted by Gasteiger charge is -2.22. The van der Waals surface area contributed by atoms with Gasteiger partial charge in [-0.25, -0.2) is 4.98 Å². The van der Waals surface area contributed by atoms with Gasteiger partial charge in [0.25, 0.3) is 0 Å². The third kappa shape index (κ3) is 2.71. The van der Waals surface area contributed by atoms with Crippen molar-refractivity contribution in [3.63, 3.8) is 0 Å². The molecule has 1 aliphatic heterocycles. The van der Waals surface area contributed by atoms with Gasteiger partial charge in [0.2, 0.25) is 0 Å². The number of rotatable bonds is 5. The summed E-state index contributed by atoms with van der Waals surface area (Å²) in [6.07, 6.45) is 6.45. The van der Waals surface area contributed by atoms with Crippen LogP contribution in [-0.4, -0.2) is 16.1 Å². The molecule has 0 spiro atoms. The summed E-state index contributed by atoms with van der Waals surface area (Å²) in [4.78, 5) is 4.96. The summed E-state index contributed by atoms with van der Waals surface area (Å²) in [7, 11) is 0. The second-order valence-electron chi connectivity index (χ2n) is 6.75. The molecule has 1 fully saturated rings. The predicted octanol–water partition coefficient (Wildman–Crippen LogP) is 3.40. The Balaban J connectivity index is 1.86. The number of imidazole rings is 1. The van der Waals surface area contributed by atoms with E-state index in [4.69, 9.17) is 4.98 Å². The molecule has 0 saturated heterocycles. The Morgan fingerprint density at radius 3 is 2.74 bits per heavy atom. The molecule has 2 aliphatic rings. The van der Waals surface area contributed by atoms with Gasteiger partial charge < -0.3 is 9.88 Å². The van der Waals surface area contributed by atoms with Gasteiger partial charge in [0.15, 0.2) is 0 Å². The summed E-state index contributed by atoms with van der Waals surface area (Å²) in [5.74, 6) is 2.95. The van der Waals surface area contributed by atoms with Gasteiger partial charge in [0.05, 0.1) is 5.69 Å². The number of fused-ring (bicyclic) bond motifs is 1. The molecule has 1 saturated carbocycles. The van der Waals surface area contributed by atoms with Crippen LogP contribution < -0.4 is 5.32 Å². The minimum Gasteiger partial charge on any atom is -0.329 e. The average Bonchev–Trinajstić information content (AvgIpc) is 3.16. The normalized spacial score (nSPS) is 20.6. The molecule has 3 rings (SSSR count). The van der Waals surface area contributed by atoms with Crippen LogP contribution in [0.2, 0.25) is 0 Å². The number of hydrogen-bond acceptors (Lipinski definition) is 2. The van der Waals surface area contributed by atoms with E-state index in [1.165, 1.54) is 42.9 Å². The van der Waals surface area contributed by atoms with Crippen LogP contribution in [0.25, 0.3) is 0 Å². The Bertz CT molecular complexity index is 443. The monoisotopic (exact) mass is 261 g/mol. The summed E-state index contributed by atoms with van der Waals surface area (Å²) in [6, 6.07) is 0.618. The SMILES string of the molecule is CC(C)CCC(C)n1c(C2CC2)nc2c1CCNC2. The fourth-order valence-corrected chi connectivity index (χ4v) is 3.18. The van der Waals surface area contributed by atoms with Crippen molar-refractivity contribution in [3.05, 3.63) is 17.2 Å². The van der Waals surface area contributed by atoms with E-state index in [1.807, 2.05) is 0 Å². The molecule has 1 aromatic heterocycles. The van der Waals surface area contributed by atoms with Crippen molar-refractivity contribution in [2.24, 2.45) is 5.92 Å². The topological polar surface area (TPSA) is 29.9 Å². The minimum atomic E-state index is 0.618. The highest BCUT2D eigenvalue weighted by molar-refractivity contribution is 5.24. The maximum Gasteiger partial charge on any atom is 0.112 e. The van der Waals surface area contributed by atoms with Gasteiger partial charge in [-0.1, -0.05) is 13.8 Å². The second-order valence-corrected chi connectivity index (χ2v) is 6.75. The maximum absolute atomic E-state index is 4.96. The molecule has 1 unspecified atom stereocenters. The van der Waals surface area contributed by atoms with Crippen LogP contribution in [0.1, 0.15) is 75.6 Å². The Labute approximate surface area is 116 Å². The van der Waals surface area contributed by atoms with E-state index in [9.17, 15) is 0 Å². The van der Waals surface area contributed by atoms with Crippen LogP contribution in [0.15, 0.2) is 0 Å². The Hall–Kier alpha value is -0.830. The lowest BCUT2D eigenvalue weighted by atomic mass is 10.0. The molecule has 3 heteroatoms. The van der Waals surface area contributed by atoms with Gasteiger partial charge in [-0.3, -0.25) is 0 Å². The largest absolute Gasteiger partial charge is 0.329 e. The summed E-state index contributed by atoms with van der Waals surface area (Å²) in [5, 5.41) is 3.45. The zero-order valence-corrected chi connectivity index (χ0v) is 12.6. The highest BCUT2D eigenvalue weighted by Crippen LogP contribution is 2.42. The Morgan fingerprint density at radius 2 is 2.05 bits per heavy atom. The van der Waals surface area contributed by atoms with Gasteiger partial charge in [-0.15, -0.1) is 0 Å². The highest BCUT2D eigenvalue weighted by atomic mass is 15.1. The third-order valence-corrected chi connectivity index (χ3v) is 4.50. The number of nitrogens with zero attached hydrogens (tertiary/aromatic N) is 2. The van der Waals surface area contributed by atoms with E-state index < -0.39 is 0 Å². The number of aromatic nitrogens is 2. The van der Waals surface area contributed by atoms with Crippen LogP contribution >= 0.6 is 0 Å². The summed E-state index contributed by atoms with van der Waals surface area (Å²) < 4.78 is 2.61. The maximum atomic E-state index is 4.96. The predicted molar refractivity (Wildman–Crippen MR) is 78.4 cm³/mol. The zero-order valence-electron chi connectivity index (χ0n) is 12.6. The molecule has 19 heavy (non-hydrogen) atoms. The van der Waals surface area contributed by atoms with Crippen molar-refractivity contribution in [3.8, 4) is 0 Å². The first-order valence-electron chi connectivity index (χ1n) is 7.97. The number of nitrogens with one attached hydrogen (secondary N) is 1. The average molecular weight is 261 g/mol. The van der Waals surface area contributed by atoms with Crippen molar-refractivity contribution in [2.45, 2.75) is 71.4 Å². The minimum absolute atomic E-state index is 0.618. The first-order chi connectivity index (χ1) is 9.16. The van der Waals surface area contributed by atoms with E-state index in [2.05, 4.69) is 30.7 Å². The lowest BCUT2D eigenvalue weighted by molar-refractivity contribution is 0.417. The summed E-state index contributed by atoms with van der Waals surface area (Å²) in [6.45, 7) is 9.11. The summed E-state index contributed by atoms with van der Waals surface area (Å²) >= 11 is 0. The molecular weight excluding hydrogens is 234 g/mol. The van der Waals surface area contributed by atoms with Crippen molar-refractivity contribution in [1.82, 2.24) is 14.9 Å². The van der Waals surface area contributed by atoms with Gasteiger partial charge in [-0.05, 0) is 38.5 Å². The molecule has 0 radical (unpaired) electrons. The van der Waals surface area contributed by atoms with Crippen LogP contribution in [0.5, 0.6) is 0 Å². The fraction of sp³-hybridized carbons (Fsp3) is 0.812. The van der Waals surface area contributed by atoms with Gasteiger partial charge >= 0.3 is 0 Å². The van der Waals surface area contributed by atoms with E-state index in [1.54, 1.807) is 0 Å². The first kappa shape index (κ1) is 13.2. The smallest absolute Gasteiger partial charge is 0.112 e. The quantitative estimate of drug-likeness (QED) is 0.880. The van der Waals surface area contributed by atoms with Gasteiger partial charge in [0, 0.05) is 37.2 Å². The fourth-order valence-electron chi connectivity index (χ4n) is 3.18. The van der Waals surface area contributed by atoms with Crippen LogP contribution in [0, 0.1) is 5.92 Å². The van der Waals surface area contributed by atoms with Crippen molar-refractivity contribution < 1.29 is 0 Å². The second kappa shape index (κ2) is 5.28. The van der Waals surface area contributed by atoms with Crippen LogP contribution in [0.3, 0.4) is 0 Å². The molecule has 0 amide bonds. The summed E-state index contributed by atoms with van der Waals surface area (Å²) in [5.41, 5.74) is 2.85. The van der Waals surface area contributed by atoms with E-state index >= 15 is 0 Å². The van der Waals surface area contributed by atoms with Gasteiger partial charge in [-0.2, -0.15) is 0 Å². The molecule has 1 N–H and O–H groups in total. The van der Waals surface area contributed by atoms with Crippen LogP contribution in [-0.2, 0) is 13.0 Å². The first-order valence-corrected chi connectivity index (χ1v) is 7.97. The van der Waals surface area contributed by atoms with Crippen molar-refractivity contribution in [2.75, 3.05) is 6.54 Å². The Kier molecular flexibility index (Phi) is 3.66. The van der Waals surface area contributed by atoms with E-state index in [-0.39, 0.29) is 0 Å². The molecule has 0 bridgehead atoms. The van der Waals surface area contributed by atoms with E-state index in [0.29, 0.717) is 6.04 Å². The molecule has 1 aliphatic carbocycles. The Morgan fingerprint density at radius 1 is 1.26 bits per heavy atom. The standard InChI is InChI=1S/C16H27N3/c1-11(2)4-5-12(3)19-15-8-9-17-10-14(15)18-16(19)13-6-7-13/h11-13,17H,4-10H2,1-3H3. The van der Waals surface area contributed by atoms with Gasteiger partial charge in [0.1, 0.15) is 5.82 Å². The zero-order chi connectivity index (χ0) is 13.4. The molecule has 1 atom stereocenters. The van der Waals surface area contributed by atoms with Crippen LogP contribution in [0.4, 0.5) is 0 Å². The van der Waals surface area contributed by atoms with Crippen molar-refractivity contribution >= 4 is 0 Å². The van der Waals surface area contributed by atoms with Crippen molar-refractivity contribution in [1.29, 1.82) is 0 Å². The molecular formula is C16H27N3. The lowest BCUT2D eigenvalue weighted by Crippen LogP contribution is -2.25. The molecule has 106 valence electrons.